The summed E-state index contributed by atoms with van der Waals surface area (Å²) in [5, 5.41) is 14.0. The molecule has 0 aliphatic carbocycles. The van der Waals surface area contributed by atoms with Gasteiger partial charge < -0.3 is 15.7 Å². The fourth-order valence-corrected chi connectivity index (χ4v) is 1.27. The molecule has 1 rings (SSSR count). The number of carbonyl (C=O) groups excluding carboxylic acids is 2. The maximum atomic E-state index is 11.4. The summed E-state index contributed by atoms with van der Waals surface area (Å²) in [7, 11) is 0. The van der Waals surface area contributed by atoms with Gasteiger partial charge in [0.25, 0.3) is 0 Å². The number of aliphatic hydroxyl groups excluding tert-OH is 1. The van der Waals surface area contributed by atoms with Crippen molar-refractivity contribution in [2.24, 2.45) is 5.92 Å². The second-order valence-electron chi connectivity index (χ2n) is 3.69. The van der Waals surface area contributed by atoms with Crippen molar-refractivity contribution in [1.82, 2.24) is 10.6 Å². The van der Waals surface area contributed by atoms with Crippen molar-refractivity contribution in [3.8, 4) is 0 Å². The van der Waals surface area contributed by atoms with Gasteiger partial charge in [-0.3, -0.25) is 9.59 Å². The summed E-state index contributed by atoms with van der Waals surface area (Å²) in [5.41, 5.74) is 0. The molecule has 2 atom stereocenters. The Balaban J connectivity index is 2.25. The van der Waals surface area contributed by atoms with Crippen LogP contribution in [0, 0.1) is 5.92 Å². The standard InChI is InChI=1S/C9H16N2O3/c1-6(5-12)4-10-9(14)7-2-3-8(13)11-7/h6-7,12H,2-5H2,1H3,(H,10,14)(H,11,13). The van der Waals surface area contributed by atoms with E-state index < -0.39 is 0 Å². The SMILES string of the molecule is CC(CO)CNC(=O)C1CCC(=O)N1. The fourth-order valence-electron chi connectivity index (χ4n) is 1.27. The van der Waals surface area contributed by atoms with Crippen LogP contribution in [-0.4, -0.2) is 36.1 Å². The molecule has 0 spiro atoms. The lowest BCUT2D eigenvalue weighted by Crippen LogP contribution is -2.43. The van der Waals surface area contributed by atoms with Crippen LogP contribution < -0.4 is 10.6 Å². The quantitative estimate of drug-likeness (QED) is 0.545. The van der Waals surface area contributed by atoms with E-state index in [0.717, 1.165) is 0 Å². The Hall–Kier alpha value is -1.10. The van der Waals surface area contributed by atoms with Gasteiger partial charge in [-0.05, 0) is 12.3 Å². The highest BCUT2D eigenvalue weighted by Gasteiger charge is 2.26. The molecule has 0 radical (unpaired) electrons. The highest BCUT2D eigenvalue weighted by molar-refractivity contribution is 5.90. The zero-order chi connectivity index (χ0) is 10.6. The molecule has 0 aromatic rings. The van der Waals surface area contributed by atoms with Crippen LogP contribution in [0.15, 0.2) is 0 Å². The first-order valence-corrected chi connectivity index (χ1v) is 4.81. The van der Waals surface area contributed by atoms with Crippen LogP contribution in [0.25, 0.3) is 0 Å². The maximum Gasteiger partial charge on any atom is 0.242 e. The molecule has 1 fully saturated rings. The lowest BCUT2D eigenvalue weighted by Gasteiger charge is -2.13. The molecular weight excluding hydrogens is 184 g/mol. The van der Waals surface area contributed by atoms with Gasteiger partial charge in [0.1, 0.15) is 6.04 Å². The Labute approximate surface area is 82.9 Å². The van der Waals surface area contributed by atoms with Gasteiger partial charge in [-0.15, -0.1) is 0 Å². The zero-order valence-electron chi connectivity index (χ0n) is 8.25. The van der Waals surface area contributed by atoms with Gasteiger partial charge in [-0.1, -0.05) is 6.92 Å². The minimum absolute atomic E-state index is 0.0519. The molecule has 14 heavy (non-hydrogen) atoms. The molecule has 80 valence electrons. The number of aliphatic hydroxyl groups is 1. The lowest BCUT2D eigenvalue weighted by molar-refractivity contribution is -0.125. The third kappa shape index (κ3) is 2.99. The smallest absolute Gasteiger partial charge is 0.242 e. The van der Waals surface area contributed by atoms with Crippen molar-refractivity contribution < 1.29 is 14.7 Å². The Kier molecular flexibility index (Phi) is 3.88. The highest BCUT2D eigenvalue weighted by atomic mass is 16.3. The van der Waals surface area contributed by atoms with Crippen LogP contribution in [0.3, 0.4) is 0 Å². The van der Waals surface area contributed by atoms with E-state index in [1.54, 1.807) is 0 Å². The summed E-state index contributed by atoms with van der Waals surface area (Å²) >= 11 is 0. The van der Waals surface area contributed by atoms with E-state index in [9.17, 15) is 9.59 Å². The minimum Gasteiger partial charge on any atom is -0.396 e. The van der Waals surface area contributed by atoms with E-state index in [1.807, 2.05) is 6.92 Å². The van der Waals surface area contributed by atoms with Crippen molar-refractivity contribution in [3.63, 3.8) is 0 Å². The average molecular weight is 200 g/mol. The summed E-state index contributed by atoms with van der Waals surface area (Å²) < 4.78 is 0. The Bertz CT molecular complexity index is 230. The molecule has 5 heteroatoms. The Morgan fingerprint density at radius 2 is 2.50 bits per heavy atom. The molecule has 2 unspecified atom stereocenters. The van der Waals surface area contributed by atoms with Crippen molar-refractivity contribution in [1.29, 1.82) is 0 Å². The van der Waals surface area contributed by atoms with E-state index in [2.05, 4.69) is 10.6 Å². The topological polar surface area (TPSA) is 78.4 Å². The molecule has 5 nitrogen and oxygen atoms in total. The van der Waals surface area contributed by atoms with Crippen molar-refractivity contribution in [2.75, 3.05) is 13.2 Å². The summed E-state index contributed by atoms with van der Waals surface area (Å²) in [6.45, 7) is 2.34. The Morgan fingerprint density at radius 3 is 3.00 bits per heavy atom. The first-order chi connectivity index (χ1) is 6.63. The van der Waals surface area contributed by atoms with Crippen molar-refractivity contribution >= 4 is 11.8 Å². The zero-order valence-corrected chi connectivity index (χ0v) is 8.25. The van der Waals surface area contributed by atoms with Gasteiger partial charge in [0.15, 0.2) is 0 Å². The number of carbonyl (C=O) groups is 2. The van der Waals surface area contributed by atoms with Crippen LogP contribution in [0.4, 0.5) is 0 Å². The lowest BCUT2D eigenvalue weighted by atomic mass is 10.2. The molecule has 1 saturated heterocycles. The van der Waals surface area contributed by atoms with E-state index in [-0.39, 0.29) is 30.4 Å². The number of amides is 2. The summed E-state index contributed by atoms with van der Waals surface area (Å²) in [5.74, 6) is -0.174. The van der Waals surface area contributed by atoms with Gasteiger partial charge in [-0.25, -0.2) is 0 Å². The van der Waals surface area contributed by atoms with Crippen molar-refractivity contribution in [2.45, 2.75) is 25.8 Å². The highest BCUT2D eigenvalue weighted by Crippen LogP contribution is 2.06. The molecule has 1 aliphatic heterocycles. The van der Waals surface area contributed by atoms with Gasteiger partial charge in [-0.2, -0.15) is 0 Å². The molecule has 1 heterocycles. The van der Waals surface area contributed by atoms with Gasteiger partial charge in [0.05, 0.1) is 0 Å². The van der Waals surface area contributed by atoms with Crippen LogP contribution >= 0.6 is 0 Å². The fraction of sp³-hybridized carbons (Fsp3) is 0.778. The number of hydrogen-bond donors (Lipinski definition) is 3. The molecular formula is C9H16N2O3. The van der Waals surface area contributed by atoms with Crippen molar-refractivity contribution in [3.05, 3.63) is 0 Å². The van der Waals surface area contributed by atoms with Crippen LogP contribution in [0.2, 0.25) is 0 Å². The van der Waals surface area contributed by atoms with Gasteiger partial charge in [0.2, 0.25) is 11.8 Å². The minimum atomic E-state index is -0.381. The summed E-state index contributed by atoms with van der Waals surface area (Å²) in [6.07, 6.45) is 0.992. The first kappa shape index (κ1) is 11.0. The van der Waals surface area contributed by atoms with Crippen LogP contribution in [0.5, 0.6) is 0 Å². The maximum absolute atomic E-state index is 11.4. The van der Waals surface area contributed by atoms with E-state index >= 15 is 0 Å². The van der Waals surface area contributed by atoms with E-state index in [0.29, 0.717) is 19.4 Å². The van der Waals surface area contributed by atoms with E-state index in [1.165, 1.54) is 0 Å². The summed E-state index contributed by atoms with van der Waals surface area (Å²) in [6, 6.07) is -0.381. The first-order valence-electron chi connectivity index (χ1n) is 4.81. The second kappa shape index (κ2) is 4.95. The molecule has 1 aliphatic rings. The molecule has 0 bridgehead atoms. The molecule has 0 aromatic carbocycles. The summed E-state index contributed by atoms with van der Waals surface area (Å²) in [4.78, 5) is 22.2. The molecule has 3 N–H and O–H groups in total. The normalized spacial score (nSPS) is 23.0. The predicted octanol–water partition coefficient (Wildman–Crippen LogP) is -0.990. The monoisotopic (exact) mass is 200 g/mol. The molecule has 0 aromatic heterocycles. The third-order valence-corrected chi connectivity index (χ3v) is 2.25. The predicted molar refractivity (Wildman–Crippen MR) is 50.4 cm³/mol. The van der Waals surface area contributed by atoms with E-state index in [4.69, 9.17) is 5.11 Å². The van der Waals surface area contributed by atoms with Crippen LogP contribution in [-0.2, 0) is 9.59 Å². The molecule has 0 saturated carbocycles. The van der Waals surface area contributed by atoms with Gasteiger partial charge in [0, 0.05) is 19.6 Å². The molecule has 2 amide bonds. The van der Waals surface area contributed by atoms with Gasteiger partial charge >= 0.3 is 0 Å². The average Bonchev–Trinajstić information content (AvgIpc) is 2.60. The van der Waals surface area contributed by atoms with Crippen LogP contribution in [0.1, 0.15) is 19.8 Å². The number of rotatable bonds is 4. The number of hydrogen-bond acceptors (Lipinski definition) is 3. The largest absolute Gasteiger partial charge is 0.396 e. The number of nitrogens with one attached hydrogen (secondary N) is 2. The third-order valence-electron chi connectivity index (χ3n) is 2.25. The Morgan fingerprint density at radius 1 is 1.79 bits per heavy atom. The second-order valence-corrected chi connectivity index (χ2v) is 3.69.